The highest BCUT2D eigenvalue weighted by atomic mass is 16.5. The third-order valence-corrected chi connectivity index (χ3v) is 3.12. The van der Waals surface area contributed by atoms with Crippen LogP contribution >= 0.6 is 0 Å². The maximum atomic E-state index is 9.64. The molecule has 1 aromatic heterocycles. The SMILES string of the molecule is Oc1c[n+]2c(o1)-c1ccccc1Oc1ccccc1-2. The van der Waals surface area contributed by atoms with Crippen molar-refractivity contribution in [3.63, 3.8) is 0 Å². The van der Waals surface area contributed by atoms with Crippen molar-refractivity contribution in [2.75, 3.05) is 0 Å². The molecule has 2 aromatic carbocycles. The van der Waals surface area contributed by atoms with E-state index in [4.69, 9.17) is 9.15 Å². The summed E-state index contributed by atoms with van der Waals surface area (Å²) in [5.41, 5.74) is 1.64. The second kappa shape index (κ2) is 3.62. The Balaban J connectivity index is 2.12. The van der Waals surface area contributed by atoms with Gasteiger partial charge in [-0.25, -0.2) is 0 Å². The van der Waals surface area contributed by atoms with Crippen molar-refractivity contribution in [3.05, 3.63) is 54.7 Å². The number of nitrogens with zero attached hydrogens (tertiary/aromatic N) is 1. The van der Waals surface area contributed by atoms with Crippen molar-refractivity contribution >= 4 is 0 Å². The molecule has 0 spiro atoms. The van der Waals surface area contributed by atoms with Crippen LogP contribution in [0.1, 0.15) is 0 Å². The molecule has 0 saturated carbocycles. The highest BCUT2D eigenvalue weighted by Gasteiger charge is 2.32. The Hall–Kier alpha value is -2.75. The molecular formula is C15H10NO3+. The Labute approximate surface area is 109 Å². The molecule has 0 radical (unpaired) electrons. The normalized spacial score (nSPS) is 11.8. The molecule has 0 aliphatic carbocycles. The molecular weight excluding hydrogens is 242 g/mol. The summed E-state index contributed by atoms with van der Waals surface area (Å²) >= 11 is 0. The molecule has 1 aliphatic rings. The lowest BCUT2D eigenvalue weighted by Gasteiger charge is -2.04. The number of aromatic hydroxyl groups is 1. The number of hydrogen-bond acceptors (Lipinski definition) is 3. The number of rotatable bonds is 0. The van der Waals surface area contributed by atoms with E-state index in [0.717, 1.165) is 17.0 Å². The van der Waals surface area contributed by atoms with Gasteiger partial charge >= 0.3 is 11.8 Å². The Morgan fingerprint density at radius 1 is 0.895 bits per heavy atom. The van der Waals surface area contributed by atoms with E-state index in [9.17, 15) is 5.11 Å². The van der Waals surface area contributed by atoms with Gasteiger partial charge in [0, 0.05) is 6.07 Å². The second-order valence-electron chi connectivity index (χ2n) is 4.31. The average Bonchev–Trinajstić information content (AvgIpc) is 2.76. The molecule has 0 amide bonds. The first-order valence-corrected chi connectivity index (χ1v) is 5.94. The van der Waals surface area contributed by atoms with Crippen molar-refractivity contribution in [2.24, 2.45) is 0 Å². The lowest BCUT2D eigenvalue weighted by molar-refractivity contribution is -0.586. The van der Waals surface area contributed by atoms with Crippen molar-refractivity contribution in [2.45, 2.75) is 0 Å². The minimum absolute atomic E-state index is 0.124. The van der Waals surface area contributed by atoms with Crippen molar-refractivity contribution < 1.29 is 18.8 Å². The third kappa shape index (κ3) is 1.43. The number of benzene rings is 2. The quantitative estimate of drug-likeness (QED) is 0.489. The maximum absolute atomic E-state index is 9.64. The van der Waals surface area contributed by atoms with Crippen LogP contribution in [-0.4, -0.2) is 5.11 Å². The predicted octanol–water partition coefficient (Wildman–Crippen LogP) is 3.03. The van der Waals surface area contributed by atoms with E-state index in [1.807, 2.05) is 48.5 Å². The molecule has 0 saturated heterocycles. The van der Waals surface area contributed by atoms with Crippen LogP contribution in [0.25, 0.3) is 17.1 Å². The fourth-order valence-electron chi connectivity index (χ4n) is 2.30. The standard InChI is InChI=1S/C15H9NO3/c17-14-9-16-11-6-2-4-8-13(11)18-12-7-3-1-5-10(12)15(16)19-14/h1-9H/p+1. The molecule has 1 N–H and O–H groups in total. The lowest BCUT2D eigenvalue weighted by atomic mass is 10.2. The minimum atomic E-state index is -0.124. The highest BCUT2D eigenvalue weighted by molar-refractivity contribution is 5.64. The summed E-state index contributed by atoms with van der Waals surface area (Å²) < 4.78 is 13.1. The van der Waals surface area contributed by atoms with Gasteiger partial charge in [0.05, 0.1) is 0 Å². The number of para-hydroxylation sites is 3. The molecule has 4 heteroatoms. The van der Waals surface area contributed by atoms with Crippen LogP contribution in [0.15, 0.2) is 59.1 Å². The molecule has 4 nitrogen and oxygen atoms in total. The second-order valence-corrected chi connectivity index (χ2v) is 4.31. The average molecular weight is 252 g/mol. The number of fused-ring (bicyclic) bond motifs is 5. The number of hydrogen-bond donors (Lipinski definition) is 1. The van der Waals surface area contributed by atoms with E-state index in [1.54, 1.807) is 10.8 Å². The van der Waals surface area contributed by atoms with E-state index in [2.05, 4.69) is 0 Å². The Bertz CT molecular complexity index is 714. The smallest absolute Gasteiger partial charge is 0.393 e. The van der Waals surface area contributed by atoms with Crippen molar-refractivity contribution in [1.82, 2.24) is 0 Å². The minimum Gasteiger partial charge on any atom is -0.476 e. The van der Waals surface area contributed by atoms with Crippen LogP contribution in [0.3, 0.4) is 0 Å². The molecule has 2 heterocycles. The fraction of sp³-hybridized carbons (Fsp3) is 0. The zero-order valence-corrected chi connectivity index (χ0v) is 9.91. The summed E-state index contributed by atoms with van der Waals surface area (Å²) in [4.78, 5) is 0. The summed E-state index contributed by atoms with van der Waals surface area (Å²) in [5, 5.41) is 9.64. The predicted molar refractivity (Wildman–Crippen MR) is 67.4 cm³/mol. The van der Waals surface area contributed by atoms with Crippen LogP contribution in [-0.2, 0) is 0 Å². The zero-order valence-electron chi connectivity index (χ0n) is 9.91. The van der Waals surface area contributed by atoms with Gasteiger partial charge in [0.15, 0.2) is 5.75 Å². The largest absolute Gasteiger partial charge is 0.476 e. The van der Waals surface area contributed by atoms with Gasteiger partial charge in [0.25, 0.3) is 11.9 Å². The van der Waals surface area contributed by atoms with Crippen LogP contribution in [0.2, 0.25) is 0 Å². The fourth-order valence-corrected chi connectivity index (χ4v) is 2.30. The molecule has 19 heavy (non-hydrogen) atoms. The van der Waals surface area contributed by atoms with Gasteiger partial charge in [-0.3, -0.25) is 0 Å². The monoisotopic (exact) mass is 252 g/mol. The van der Waals surface area contributed by atoms with Crippen LogP contribution in [0, 0.1) is 0 Å². The lowest BCUT2D eigenvalue weighted by Crippen LogP contribution is -2.29. The Morgan fingerprint density at radius 3 is 2.53 bits per heavy atom. The van der Waals surface area contributed by atoms with Crippen LogP contribution < -0.4 is 9.30 Å². The van der Waals surface area contributed by atoms with Crippen LogP contribution in [0.4, 0.5) is 0 Å². The summed E-state index contributed by atoms with van der Waals surface area (Å²) in [5.74, 6) is 1.86. The number of aromatic nitrogens is 1. The van der Waals surface area contributed by atoms with Gasteiger partial charge in [0.2, 0.25) is 0 Å². The summed E-state index contributed by atoms with van der Waals surface area (Å²) in [6, 6.07) is 15.2. The third-order valence-electron chi connectivity index (χ3n) is 3.12. The first-order valence-electron chi connectivity index (χ1n) is 5.94. The first-order chi connectivity index (χ1) is 9.33. The van der Waals surface area contributed by atoms with Crippen LogP contribution in [0.5, 0.6) is 17.4 Å². The molecule has 92 valence electrons. The van der Waals surface area contributed by atoms with E-state index >= 15 is 0 Å². The molecule has 0 unspecified atom stereocenters. The summed E-state index contributed by atoms with van der Waals surface area (Å²) in [7, 11) is 0. The van der Waals surface area contributed by atoms with Gasteiger partial charge in [0.1, 0.15) is 11.3 Å². The Kier molecular flexibility index (Phi) is 1.94. The van der Waals surface area contributed by atoms with Gasteiger partial charge in [-0.15, -0.1) is 4.57 Å². The molecule has 0 bridgehead atoms. The molecule has 4 rings (SSSR count). The van der Waals surface area contributed by atoms with E-state index in [0.29, 0.717) is 11.6 Å². The van der Waals surface area contributed by atoms with E-state index in [1.165, 1.54) is 0 Å². The van der Waals surface area contributed by atoms with Gasteiger partial charge < -0.3 is 14.3 Å². The summed E-state index contributed by atoms with van der Waals surface area (Å²) in [6.45, 7) is 0. The molecule has 1 aliphatic heterocycles. The summed E-state index contributed by atoms with van der Waals surface area (Å²) in [6.07, 6.45) is 1.54. The van der Waals surface area contributed by atoms with Crippen molar-refractivity contribution in [3.8, 4) is 34.6 Å². The van der Waals surface area contributed by atoms with Gasteiger partial charge in [-0.05, 0) is 18.2 Å². The van der Waals surface area contributed by atoms with Crippen molar-refractivity contribution in [1.29, 1.82) is 0 Å². The molecule has 0 fully saturated rings. The first kappa shape index (κ1) is 10.2. The highest BCUT2D eigenvalue weighted by Crippen LogP contribution is 2.38. The van der Waals surface area contributed by atoms with Gasteiger partial charge in [-0.1, -0.05) is 24.3 Å². The molecule has 0 atom stereocenters. The number of ether oxygens (including phenoxy) is 1. The Morgan fingerprint density at radius 2 is 1.63 bits per heavy atom. The number of oxazole rings is 1. The van der Waals surface area contributed by atoms with E-state index in [-0.39, 0.29) is 5.95 Å². The molecule has 3 aromatic rings. The maximum Gasteiger partial charge on any atom is 0.393 e. The zero-order chi connectivity index (χ0) is 12.8. The van der Waals surface area contributed by atoms with E-state index < -0.39 is 0 Å². The van der Waals surface area contributed by atoms with Gasteiger partial charge in [-0.2, -0.15) is 0 Å². The topological polar surface area (TPSA) is 46.5 Å².